The summed E-state index contributed by atoms with van der Waals surface area (Å²) in [5.74, 6) is 0.603. The normalized spacial score (nSPS) is 17.0. The third kappa shape index (κ3) is 7.96. The van der Waals surface area contributed by atoms with E-state index in [1.54, 1.807) is 17.0 Å². The molecule has 1 aliphatic carbocycles. The van der Waals surface area contributed by atoms with Gasteiger partial charge in [0.25, 0.3) is 0 Å². The molecule has 0 unspecified atom stereocenters. The SMILES string of the molecule is Nc1ccc(NC2CCCCC2)cc1C(F)(F)F.O=C(CO)N1CCN(Cc2cc3cc(Cl)cc(Cl)c3o2)CC1. The maximum Gasteiger partial charge on any atom is 0.418 e. The van der Waals surface area contributed by atoms with Crippen molar-refractivity contribution in [2.45, 2.75) is 50.9 Å². The summed E-state index contributed by atoms with van der Waals surface area (Å²) in [7, 11) is 0. The number of amides is 1. The predicted molar refractivity (Wildman–Crippen MR) is 152 cm³/mol. The first-order chi connectivity index (χ1) is 19.0. The summed E-state index contributed by atoms with van der Waals surface area (Å²) in [6, 6.07) is 9.74. The minimum atomic E-state index is -4.39. The zero-order chi connectivity index (χ0) is 28.9. The lowest BCUT2D eigenvalue weighted by Crippen LogP contribution is -2.49. The number of carbonyl (C=O) groups is 1. The number of piperazine rings is 1. The Morgan fingerprint density at radius 3 is 2.40 bits per heavy atom. The van der Waals surface area contributed by atoms with Crippen LogP contribution < -0.4 is 11.1 Å². The number of fused-ring (bicyclic) bond motifs is 1. The molecular formula is C28H33Cl2F3N4O3. The van der Waals surface area contributed by atoms with Crippen LogP contribution in [0.15, 0.2) is 40.8 Å². The highest BCUT2D eigenvalue weighted by atomic mass is 35.5. The summed E-state index contributed by atoms with van der Waals surface area (Å²) in [5, 5.41) is 14.0. The van der Waals surface area contributed by atoms with Gasteiger partial charge >= 0.3 is 6.18 Å². The van der Waals surface area contributed by atoms with Crippen LogP contribution in [0.2, 0.25) is 10.0 Å². The molecule has 1 aromatic heterocycles. The van der Waals surface area contributed by atoms with Crippen LogP contribution >= 0.6 is 23.2 Å². The van der Waals surface area contributed by atoms with Crippen molar-refractivity contribution >= 4 is 51.5 Å². The van der Waals surface area contributed by atoms with E-state index in [9.17, 15) is 18.0 Å². The van der Waals surface area contributed by atoms with E-state index in [-0.39, 0.29) is 17.6 Å². The van der Waals surface area contributed by atoms with Gasteiger partial charge in [0, 0.05) is 54.0 Å². The minimum Gasteiger partial charge on any atom is -0.458 e. The summed E-state index contributed by atoms with van der Waals surface area (Å²) in [6.07, 6.45) is 1.14. The molecule has 0 atom stereocenters. The molecule has 0 spiro atoms. The van der Waals surface area contributed by atoms with E-state index >= 15 is 0 Å². The fourth-order valence-corrected chi connectivity index (χ4v) is 5.60. The number of nitrogen functional groups attached to an aromatic ring is 1. The highest BCUT2D eigenvalue weighted by Gasteiger charge is 2.33. The number of nitrogens with two attached hydrogens (primary N) is 1. The first-order valence-corrected chi connectivity index (χ1v) is 14.0. The molecule has 7 nitrogen and oxygen atoms in total. The summed E-state index contributed by atoms with van der Waals surface area (Å²) in [4.78, 5) is 15.3. The number of anilines is 2. The Morgan fingerprint density at radius 2 is 1.75 bits per heavy atom. The Bertz CT molecular complexity index is 1300. The Hall–Kier alpha value is -2.66. The molecule has 1 amide bonds. The van der Waals surface area contributed by atoms with Gasteiger partial charge in [0.15, 0.2) is 5.58 Å². The van der Waals surface area contributed by atoms with Crippen LogP contribution in [-0.4, -0.2) is 59.6 Å². The molecule has 2 fully saturated rings. The molecule has 5 rings (SSSR count). The topological polar surface area (TPSA) is 95.0 Å². The molecule has 3 aromatic rings. The zero-order valence-electron chi connectivity index (χ0n) is 21.9. The molecule has 2 aromatic carbocycles. The average molecular weight is 601 g/mol. The summed E-state index contributed by atoms with van der Waals surface area (Å²) < 4.78 is 43.9. The fraction of sp³-hybridized carbons (Fsp3) is 0.464. The van der Waals surface area contributed by atoms with Crippen molar-refractivity contribution < 1.29 is 27.5 Å². The van der Waals surface area contributed by atoms with Gasteiger partial charge < -0.3 is 25.5 Å². The molecule has 4 N–H and O–H groups in total. The van der Waals surface area contributed by atoms with Crippen molar-refractivity contribution in [3.8, 4) is 0 Å². The molecule has 1 aliphatic heterocycles. The second-order valence-corrected chi connectivity index (χ2v) is 11.0. The Kier molecular flexibility index (Phi) is 10.1. The number of nitrogens with zero attached hydrogens (tertiary/aromatic N) is 2. The number of hydrogen-bond acceptors (Lipinski definition) is 6. The molecule has 1 saturated carbocycles. The number of halogens is 5. The Labute approximate surface area is 241 Å². The van der Waals surface area contributed by atoms with Crippen molar-refractivity contribution in [1.82, 2.24) is 9.80 Å². The third-order valence-corrected chi connectivity index (χ3v) is 7.66. The van der Waals surface area contributed by atoms with Gasteiger partial charge in [0.05, 0.1) is 17.1 Å². The second-order valence-electron chi connectivity index (χ2n) is 10.1. The van der Waals surface area contributed by atoms with E-state index < -0.39 is 18.3 Å². The Morgan fingerprint density at radius 1 is 1.05 bits per heavy atom. The van der Waals surface area contributed by atoms with Crippen LogP contribution in [-0.2, 0) is 17.5 Å². The predicted octanol–water partition coefficient (Wildman–Crippen LogP) is 6.41. The average Bonchev–Trinajstić information content (AvgIpc) is 3.32. The quantitative estimate of drug-likeness (QED) is 0.293. The number of nitrogens with one attached hydrogen (secondary N) is 1. The summed E-state index contributed by atoms with van der Waals surface area (Å²) >= 11 is 12.1. The van der Waals surface area contributed by atoms with Gasteiger partial charge in [-0.1, -0.05) is 42.5 Å². The number of rotatable bonds is 5. The van der Waals surface area contributed by atoms with Gasteiger partial charge in [-0.2, -0.15) is 13.2 Å². The monoisotopic (exact) mass is 600 g/mol. The van der Waals surface area contributed by atoms with Crippen LogP contribution in [0, 0.1) is 0 Å². The smallest absolute Gasteiger partial charge is 0.418 e. The van der Waals surface area contributed by atoms with Gasteiger partial charge in [-0.05, 0) is 49.2 Å². The zero-order valence-corrected chi connectivity index (χ0v) is 23.5. The second kappa shape index (κ2) is 13.3. The van der Waals surface area contributed by atoms with Gasteiger partial charge in [-0.15, -0.1) is 0 Å². The first-order valence-electron chi connectivity index (χ1n) is 13.2. The molecule has 0 bridgehead atoms. The lowest BCUT2D eigenvalue weighted by Gasteiger charge is -2.33. The number of aliphatic hydroxyl groups excluding tert-OH is 1. The summed E-state index contributed by atoms with van der Waals surface area (Å²) in [5.41, 5.74) is 5.53. The van der Waals surface area contributed by atoms with Gasteiger partial charge in [-0.25, -0.2) is 0 Å². The van der Waals surface area contributed by atoms with Crippen LogP contribution in [0.4, 0.5) is 24.5 Å². The van der Waals surface area contributed by atoms with E-state index in [2.05, 4.69) is 10.2 Å². The Balaban J connectivity index is 0.000000189. The van der Waals surface area contributed by atoms with E-state index in [4.69, 9.17) is 38.5 Å². The molecule has 2 heterocycles. The van der Waals surface area contributed by atoms with Crippen LogP contribution in [0.3, 0.4) is 0 Å². The van der Waals surface area contributed by atoms with Gasteiger partial charge in [-0.3, -0.25) is 9.69 Å². The number of furan rings is 1. The van der Waals surface area contributed by atoms with Gasteiger partial charge in [0.1, 0.15) is 12.4 Å². The molecular weight excluding hydrogens is 568 g/mol. The highest BCUT2D eigenvalue weighted by molar-refractivity contribution is 6.38. The number of hydrogen-bond donors (Lipinski definition) is 3. The molecule has 218 valence electrons. The number of benzene rings is 2. The molecule has 0 radical (unpaired) electrons. The molecule has 40 heavy (non-hydrogen) atoms. The largest absolute Gasteiger partial charge is 0.458 e. The standard InChI is InChI=1S/C15H16Cl2N2O3.C13H17F3N2/c16-11-5-10-6-12(22-15(10)13(17)7-11)8-18-1-3-19(4-2-18)14(21)9-20;14-13(15,16)11-8-10(6-7-12(11)17)18-9-4-2-1-3-5-9/h5-7,20H,1-4,8-9H2;6-9,18H,1-5,17H2. The molecule has 2 aliphatic rings. The molecule has 1 saturated heterocycles. The number of alkyl halides is 3. The molecule has 12 heteroatoms. The number of carbonyl (C=O) groups excluding carboxylic acids is 1. The van der Waals surface area contributed by atoms with Gasteiger partial charge in [0.2, 0.25) is 5.91 Å². The maximum atomic E-state index is 12.7. The van der Waals surface area contributed by atoms with E-state index in [0.29, 0.717) is 40.9 Å². The third-order valence-electron chi connectivity index (χ3n) is 7.16. The maximum absolute atomic E-state index is 12.7. The van der Waals surface area contributed by atoms with E-state index in [0.717, 1.165) is 56.0 Å². The lowest BCUT2D eigenvalue weighted by atomic mass is 9.95. The van der Waals surface area contributed by atoms with Crippen molar-refractivity contribution in [3.63, 3.8) is 0 Å². The fourth-order valence-electron chi connectivity index (χ4n) is 5.06. The van der Waals surface area contributed by atoms with Crippen molar-refractivity contribution in [2.75, 3.05) is 43.8 Å². The highest BCUT2D eigenvalue weighted by Crippen LogP contribution is 2.36. The number of aliphatic hydroxyl groups is 1. The van der Waals surface area contributed by atoms with Crippen molar-refractivity contribution in [3.05, 3.63) is 57.8 Å². The minimum absolute atomic E-state index is 0.218. The van der Waals surface area contributed by atoms with E-state index in [1.807, 2.05) is 12.1 Å². The van der Waals surface area contributed by atoms with Crippen LogP contribution in [0.25, 0.3) is 11.0 Å². The van der Waals surface area contributed by atoms with Crippen molar-refractivity contribution in [1.29, 1.82) is 0 Å². The lowest BCUT2D eigenvalue weighted by molar-refractivity contribution is -0.137. The van der Waals surface area contributed by atoms with Crippen molar-refractivity contribution in [2.24, 2.45) is 0 Å². The van der Waals surface area contributed by atoms with Crippen LogP contribution in [0.1, 0.15) is 43.4 Å². The van der Waals surface area contributed by atoms with Crippen LogP contribution in [0.5, 0.6) is 0 Å². The first kappa shape index (κ1) is 30.3. The van der Waals surface area contributed by atoms with E-state index in [1.165, 1.54) is 12.5 Å². The summed E-state index contributed by atoms with van der Waals surface area (Å²) in [6.45, 7) is 2.96.